The molecule has 0 spiro atoms. The first-order valence-corrected chi connectivity index (χ1v) is 8.87. The Morgan fingerprint density at radius 3 is 2.12 bits per heavy atom. The fourth-order valence-corrected chi connectivity index (χ4v) is 4.45. The summed E-state index contributed by atoms with van der Waals surface area (Å²) in [6.07, 6.45) is 0. The first-order chi connectivity index (χ1) is 11.7. The minimum Gasteiger partial charge on any atom is -0.497 e. The summed E-state index contributed by atoms with van der Waals surface area (Å²) in [5.74, 6) is -0.403. The van der Waals surface area contributed by atoms with E-state index in [4.69, 9.17) is 15.7 Å². The molecular formula is C17H20N2O5S. The Bertz CT molecular complexity index is 935. The van der Waals surface area contributed by atoms with Gasteiger partial charge >= 0.3 is 0 Å². The number of amides is 1. The molecule has 0 saturated carbocycles. The maximum absolute atomic E-state index is 13.2. The van der Waals surface area contributed by atoms with Crippen molar-refractivity contribution in [2.24, 2.45) is 0 Å². The van der Waals surface area contributed by atoms with Gasteiger partial charge in [-0.3, -0.25) is 10.0 Å². The van der Waals surface area contributed by atoms with Crippen LogP contribution in [0.4, 0.5) is 5.69 Å². The van der Waals surface area contributed by atoms with Crippen LogP contribution in [0.15, 0.2) is 34.1 Å². The van der Waals surface area contributed by atoms with Gasteiger partial charge in [-0.1, -0.05) is 0 Å². The summed E-state index contributed by atoms with van der Waals surface area (Å²) in [4.78, 5) is 11.9. The molecule has 1 amide bonds. The van der Waals surface area contributed by atoms with E-state index in [9.17, 15) is 13.2 Å². The highest BCUT2D eigenvalue weighted by atomic mass is 32.2. The number of nitrogen functional groups attached to an aromatic ring is 1. The van der Waals surface area contributed by atoms with Crippen LogP contribution in [0.3, 0.4) is 0 Å². The van der Waals surface area contributed by atoms with E-state index >= 15 is 0 Å². The molecule has 0 heterocycles. The lowest BCUT2D eigenvalue weighted by Crippen LogP contribution is -2.25. The quantitative estimate of drug-likeness (QED) is 0.434. The molecule has 0 atom stereocenters. The van der Waals surface area contributed by atoms with Crippen LogP contribution >= 0.6 is 0 Å². The number of ether oxygens (including phenoxy) is 1. The molecule has 0 aliphatic heterocycles. The number of hydroxylamine groups is 1. The van der Waals surface area contributed by atoms with Crippen molar-refractivity contribution in [1.29, 1.82) is 0 Å². The molecule has 0 fully saturated rings. The highest BCUT2D eigenvalue weighted by Crippen LogP contribution is 2.35. The molecule has 7 nitrogen and oxygen atoms in total. The van der Waals surface area contributed by atoms with Crippen LogP contribution in [-0.4, -0.2) is 26.6 Å². The van der Waals surface area contributed by atoms with E-state index in [0.29, 0.717) is 22.6 Å². The summed E-state index contributed by atoms with van der Waals surface area (Å²) in [5, 5.41) is 9.05. The third-order valence-electron chi connectivity index (χ3n) is 4.28. The second-order valence-corrected chi connectivity index (χ2v) is 7.50. The van der Waals surface area contributed by atoms with Gasteiger partial charge in [0.15, 0.2) is 0 Å². The molecule has 2 aromatic carbocycles. The summed E-state index contributed by atoms with van der Waals surface area (Å²) >= 11 is 0. The number of anilines is 1. The largest absolute Gasteiger partial charge is 0.497 e. The lowest BCUT2D eigenvalue weighted by molar-refractivity contribution is 0.0701. The summed E-state index contributed by atoms with van der Waals surface area (Å²) < 4.78 is 31.3. The predicted molar refractivity (Wildman–Crippen MR) is 92.8 cm³/mol. The highest BCUT2D eigenvalue weighted by molar-refractivity contribution is 7.91. The van der Waals surface area contributed by atoms with Gasteiger partial charge in [0.2, 0.25) is 9.84 Å². The molecule has 0 bridgehead atoms. The standard InChI is InChI=1S/C17H20N2O5S/c1-9-10(2)15(18)11(3)16(14(9)17(20)19-21)25(22,23)13-7-5-12(24-4)6-8-13/h5-8,21H,18H2,1-4H3,(H,19,20). The summed E-state index contributed by atoms with van der Waals surface area (Å²) in [6.45, 7) is 4.81. The Kier molecular flexibility index (Phi) is 5.05. The lowest BCUT2D eigenvalue weighted by Gasteiger charge is -2.19. The third-order valence-corrected chi connectivity index (χ3v) is 6.22. The minimum absolute atomic E-state index is 0.00829. The van der Waals surface area contributed by atoms with Crippen LogP contribution in [0.25, 0.3) is 0 Å². The maximum Gasteiger partial charge on any atom is 0.276 e. The molecule has 8 heteroatoms. The van der Waals surface area contributed by atoms with Crippen LogP contribution in [0.1, 0.15) is 27.0 Å². The molecule has 0 saturated heterocycles. The van der Waals surface area contributed by atoms with Crippen molar-refractivity contribution >= 4 is 21.4 Å². The number of benzene rings is 2. The summed E-state index contributed by atoms with van der Waals surface area (Å²) in [5.41, 5.74) is 8.96. The van der Waals surface area contributed by atoms with Crippen molar-refractivity contribution in [1.82, 2.24) is 5.48 Å². The number of methoxy groups -OCH3 is 1. The number of carbonyl (C=O) groups excluding carboxylic acids is 1. The van der Waals surface area contributed by atoms with Gasteiger partial charge in [-0.15, -0.1) is 0 Å². The van der Waals surface area contributed by atoms with E-state index in [2.05, 4.69) is 0 Å². The van der Waals surface area contributed by atoms with Gasteiger partial charge in [0.05, 0.1) is 22.5 Å². The second kappa shape index (κ2) is 6.73. The van der Waals surface area contributed by atoms with Gasteiger partial charge in [0, 0.05) is 5.69 Å². The second-order valence-electron chi connectivity index (χ2n) is 5.61. The molecule has 0 aliphatic rings. The summed E-state index contributed by atoms with van der Waals surface area (Å²) in [6, 6.07) is 5.80. The fourth-order valence-electron chi connectivity index (χ4n) is 2.69. The molecule has 0 aliphatic carbocycles. The average Bonchev–Trinajstić information content (AvgIpc) is 2.61. The van der Waals surface area contributed by atoms with Crippen molar-refractivity contribution in [2.45, 2.75) is 30.6 Å². The van der Waals surface area contributed by atoms with Crippen LogP contribution in [0, 0.1) is 20.8 Å². The van der Waals surface area contributed by atoms with E-state index in [0.717, 1.165) is 0 Å². The number of hydrogen-bond donors (Lipinski definition) is 3. The monoisotopic (exact) mass is 364 g/mol. The summed E-state index contributed by atoms with van der Waals surface area (Å²) in [7, 11) is -2.58. The van der Waals surface area contributed by atoms with E-state index < -0.39 is 15.7 Å². The molecule has 0 unspecified atom stereocenters. The first kappa shape index (κ1) is 18.8. The predicted octanol–water partition coefficient (Wildman–Crippen LogP) is 2.15. The average molecular weight is 364 g/mol. The molecule has 2 aromatic rings. The van der Waals surface area contributed by atoms with E-state index in [1.165, 1.54) is 43.8 Å². The van der Waals surface area contributed by atoms with E-state index in [1.54, 1.807) is 13.8 Å². The highest BCUT2D eigenvalue weighted by Gasteiger charge is 2.30. The lowest BCUT2D eigenvalue weighted by atomic mass is 9.97. The van der Waals surface area contributed by atoms with E-state index in [1.807, 2.05) is 0 Å². The van der Waals surface area contributed by atoms with Crippen LogP contribution in [-0.2, 0) is 9.84 Å². The van der Waals surface area contributed by atoms with Crippen molar-refractivity contribution < 1.29 is 23.2 Å². The molecule has 25 heavy (non-hydrogen) atoms. The number of rotatable bonds is 4. The molecule has 0 aromatic heterocycles. The van der Waals surface area contributed by atoms with Gasteiger partial charge in [0.25, 0.3) is 5.91 Å². The third kappa shape index (κ3) is 3.06. The van der Waals surface area contributed by atoms with Gasteiger partial charge in [0.1, 0.15) is 5.75 Å². The Labute approximate surface area is 146 Å². The Morgan fingerprint density at radius 1 is 1.08 bits per heavy atom. The smallest absolute Gasteiger partial charge is 0.276 e. The Morgan fingerprint density at radius 2 is 1.64 bits per heavy atom. The molecule has 0 radical (unpaired) electrons. The van der Waals surface area contributed by atoms with Crippen molar-refractivity contribution in [3.05, 3.63) is 46.5 Å². The van der Waals surface area contributed by atoms with E-state index in [-0.39, 0.29) is 20.9 Å². The van der Waals surface area contributed by atoms with Gasteiger partial charge in [-0.2, -0.15) is 0 Å². The number of hydrogen-bond acceptors (Lipinski definition) is 6. The zero-order valence-corrected chi connectivity index (χ0v) is 15.2. The number of carbonyl (C=O) groups is 1. The van der Waals surface area contributed by atoms with Gasteiger partial charge in [-0.05, 0) is 61.7 Å². The zero-order valence-electron chi connectivity index (χ0n) is 14.4. The fraction of sp³-hybridized carbons (Fsp3) is 0.235. The van der Waals surface area contributed by atoms with Crippen LogP contribution in [0.5, 0.6) is 5.75 Å². The molecule has 134 valence electrons. The van der Waals surface area contributed by atoms with Crippen LogP contribution in [0.2, 0.25) is 0 Å². The zero-order chi connectivity index (χ0) is 18.9. The molecule has 4 N–H and O–H groups in total. The number of nitrogens with two attached hydrogens (primary N) is 1. The molecule has 2 rings (SSSR count). The maximum atomic E-state index is 13.2. The Balaban J connectivity index is 2.86. The first-order valence-electron chi connectivity index (χ1n) is 7.39. The topological polar surface area (TPSA) is 119 Å². The van der Waals surface area contributed by atoms with Crippen molar-refractivity contribution in [3.8, 4) is 5.75 Å². The SMILES string of the molecule is COc1ccc(S(=O)(=O)c2c(C)c(N)c(C)c(C)c2C(=O)NO)cc1. The number of sulfone groups is 1. The Hall–Kier alpha value is -2.58. The number of nitrogens with one attached hydrogen (secondary N) is 1. The van der Waals surface area contributed by atoms with Crippen LogP contribution < -0.4 is 16.0 Å². The van der Waals surface area contributed by atoms with Gasteiger partial charge in [-0.25, -0.2) is 13.9 Å². The van der Waals surface area contributed by atoms with Gasteiger partial charge < -0.3 is 10.5 Å². The normalized spacial score (nSPS) is 11.2. The minimum atomic E-state index is -4.05. The van der Waals surface area contributed by atoms with Crippen molar-refractivity contribution in [3.63, 3.8) is 0 Å². The molecular weight excluding hydrogens is 344 g/mol. The van der Waals surface area contributed by atoms with Crippen molar-refractivity contribution in [2.75, 3.05) is 12.8 Å².